The summed E-state index contributed by atoms with van der Waals surface area (Å²) in [5.41, 5.74) is -0.0698. The Morgan fingerprint density at radius 3 is 0.968 bits per heavy atom. The van der Waals surface area contributed by atoms with E-state index in [1.807, 2.05) is 0 Å². The zero-order valence-electron chi connectivity index (χ0n) is 50.8. The average molecular weight is 1400 g/mol. The van der Waals surface area contributed by atoms with Crippen LogP contribution in [0.1, 0.15) is 13.8 Å². The van der Waals surface area contributed by atoms with Crippen LogP contribution in [0.5, 0.6) is 0 Å². The first kappa shape index (κ1) is 78.1. The van der Waals surface area contributed by atoms with E-state index in [9.17, 15) is 132 Å². The molecule has 38 unspecified atom stereocenters. The lowest BCUT2D eigenvalue weighted by atomic mass is 9.86. The van der Waals surface area contributed by atoms with Crippen LogP contribution in [0.3, 0.4) is 0 Å². The first-order valence-electron chi connectivity index (χ1n) is 30.5. The molecule has 8 aliphatic rings. The third kappa shape index (κ3) is 17.0. The first-order chi connectivity index (χ1) is 44.9. The van der Waals surface area contributed by atoms with E-state index in [-0.39, 0.29) is 11.1 Å². The van der Waals surface area contributed by atoms with Gasteiger partial charge in [0.15, 0.2) is 37.6 Å². The van der Waals surface area contributed by atoms with Crippen LogP contribution in [0.4, 0.5) is 0 Å². The van der Waals surface area contributed by atoms with Gasteiger partial charge in [-0.15, -0.1) is 11.8 Å². The molecule has 548 valence electrons. The van der Waals surface area contributed by atoms with E-state index < -0.39 is 296 Å². The Kier molecular flexibility index (Phi) is 27.8. The molecule has 0 aromatic carbocycles. The van der Waals surface area contributed by atoms with Crippen LogP contribution in [-0.4, -0.2) is 418 Å². The highest BCUT2D eigenvalue weighted by atomic mass is 32.2. The zero-order valence-corrected chi connectivity index (χ0v) is 51.6. The number of aliphatic hydroxyl groups excluding tert-OH is 24. The van der Waals surface area contributed by atoms with Crippen molar-refractivity contribution in [1.29, 1.82) is 0 Å². The Bertz CT molecular complexity index is 2360. The molecule has 6 saturated heterocycles. The maximum absolute atomic E-state index is 13.1. The second-order valence-electron chi connectivity index (χ2n) is 24.4. The van der Waals surface area contributed by atoms with Crippen molar-refractivity contribution in [2.75, 3.05) is 51.1 Å². The molecule has 6 heterocycles. The van der Waals surface area contributed by atoms with Gasteiger partial charge in [-0.1, -0.05) is 12.2 Å². The fraction of sp³-hybridized carbons (Fsp3) is 0.889. The highest BCUT2D eigenvalue weighted by Gasteiger charge is 2.57. The predicted molar refractivity (Wildman–Crippen MR) is 305 cm³/mol. The molecule has 0 radical (unpaired) electrons. The van der Waals surface area contributed by atoms with E-state index in [1.54, 1.807) is 0 Å². The molecule has 0 saturated carbocycles. The third-order valence-electron chi connectivity index (χ3n) is 18.1. The number of amides is 2. The van der Waals surface area contributed by atoms with Crippen LogP contribution in [0.25, 0.3) is 0 Å². The molecule has 0 aromatic heterocycles. The summed E-state index contributed by atoms with van der Waals surface area (Å²) in [7, 11) is 0. The molecule has 95 heavy (non-hydrogen) atoms. The fourth-order valence-corrected chi connectivity index (χ4v) is 13.2. The van der Waals surface area contributed by atoms with E-state index in [4.69, 9.17) is 47.4 Å². The standard InChI is InChI=1S/C54H90N4O36S/c1-13-25(55-17-3-15(5-59)27(67)33(73)29(17)69)31(71)41(81)51(85-13)91-47-21(9-63)89-53(43(83)37(47)77)93-45-19(7-61)87-49(39(79)35(45)75)57-23(65)11-95-12-24(66)58-50-40(80)36(76)46(20(8-62)88-50)94-54-44(84)38(78)48(22(10-64)90-54)92-52-42(82)32(72)26(14(2)86-52)56-18-4-16(6-60)28(68)34(74)30(18)70/h3-4,13-14,17-22,25-56,59-64,67-84H,5-12H2,1-2H3,(H,57,65)(H,58,66). The molecule has 8 rings (SSSR count). The number of hydrogen-bond donors (Lipinski definition) is 28. The summed E-state index contributed by atoms with van der Waals surface area (Å²) in [4.78, 5) is 26.2. The van der Waals surface area contributed by atoms with Crippen LogP contribution >= 0.6 is 11.8 Å². The number of aliphatic hydroxyl groups is 24. The van der Waals surface area contributed by atoms with E-state index in [2.05, 4.69) is 21.3 Å². The third-order valence-corrected chi connectivity index (χ3v) is 19.0. The van der Waals surface area contributed by atoms with Gasteiger partial charge in [-0.05, 0) is 25.0 Å². The zero-order chi connectivity index (χ0) is 69.9. The van der Waals surface area contributed by atoms with Gasteiger partial charge in [0, 0.05) is 0 Å². The monoisotopic (exact) mass is 1400 g/mol. The lowest BCUT2D eigenvalue weighted by molar-refractivity contribution is -0.368. The molecule has 0 aromatic rings. The van der Waals surface area contributed by atoms with E-state index in [1.165, 1.54) is 26.0 Å². The number of hydrogen-bond acceptors (Lipinski definition) is 39. The van der Waals surface area contributed by atoms with Gasteiger partial charge < -0.3 is 191 Å². The molecule has 2 aliphatic carbocycles. The van der Waals surface area contributed by atoms with Gasteiger partial charge >= 0.3 is 0 Å². The molecule has 0 bridgehead atoms. The number of rotatable bonds is 24. The minimum Gasteiger partial charge on any atom is -0.394 e. The van der Waals surface area contributed by atoms with Crippen molar-refractivity contribution >= 4 is 23.6 Å². The van der Waals surface area contributed by atoms with E-state index in [0.717, 1.165) is 0 Å². The molecule has 6 fully saturated rings. The Morgan fingerprint density at radius 1 is 0.379 bits per heavy atom. The number of ether oxygens (including phenoxy) is 10. The lowest BCUT2D eigenvalue weighted by Crippen LogP contribution is -2.69. The smallest absolute Gasteiger partial charge is 0.232 e. The van der Waals surface area contributed by atoms with E-state index >= 15 is 0 Å². The van der Waals surface area contributed by atoms with Gasteiger partial charge in [0.05, 0.1) is 87.5 Å². The van der Waals surface area contributed by atoms with Crippen LogP contribution in [0.2, 0.25) is 0 Å². The molecular weight excluding hydrogens is 1310 g/mol. The molecular formula is C54H90N4O36S. The Balaban J connectivity index is 0.771. The van der Waals surface area contributed by atoms with Gasteiger partial charge in [0.1, 0.15) is 159 Å². The van der Waals surface area contributed by atoms with Crippen molar-refractivity contribution < 1.29 is 180 Å². The topological polar surface area (TPSA) is 660 Å². The van der Waals surface area contributed by atoms with Crippen LogP contribution in [0, 0.1) is 0 Å². The van der Waals surface area contributed by atoms with Crippen molar-refractivity contribution in [3.05, 3.63) is 23.3 Å². The number of thioether (sulfide) groups is 1. The molecule has 28 N–H and O–H groups in total. The summed E-state index contributed by atoms with van der Waals surface area (Å²) in [6.07, 6.45) is -58.0. The maximum atomic E-state index is 13.1. The summed E-state index contributed by atoms with van der Waals surface area (Å²) in [6.45, 7) is -2.38. The van der Waals surface area contributed by atoms with Crippen LogP contribution in [-0.2, 0) is 57.0 Å². The molecule has 41 heteroatoms. The predicted octanol–water partition coefficient (Wildman–Crippen LogP) is -17.1. The second-order valence-corrected chi connectivity index (χ2v) is 25.4. The maximum Gasteiger partial charge on any atom is 0.232 e. The van der Waals surface area contributed by atoms with Crippen molar-refractivity contribution in [2.45, 2.75) is 247 Å². The minimum atomic E-state index is -2.11. The molecule has 0 spiro atoms. The molecule has 2 amide bonds. The second kappa shape index (κ2) is 33.9. The first-order valence-corrected chi connectivity index (χ1v) is 31.7. The van der Waals surface area contributed by atoms with Gasteiger partial charge in [-0.3, -0.25) is 9.59 Å². The normalized spacial score (nSPS) is 49.1. The highest BCUT2D eigenvalue weighted by Crippen LogP contribution is 2.36. The Hall–Kier alpha value is -2.67. The quantitative estimate of drug-likeness (QED) is 0.0399. The minimum absolute atomic E-state index is 0.0349. The van der Waals surface area contributed by atoms with Crippen molar-refractivity contribution in [3.8, 4) is 0 Å². The molecule has 40 nitrogen and oxygen atoms in total. The lowest BCUT2D eigenvalue weighted by Gasteiger charge is -2.49. The van der Waals surface area contributed by atoms with Crippen LogP contribution in [0.15, 0.2) is 23.3 Å². The fourth-order valence-electron chi connectivity index (χ4n) is 12.5. The van der Waals surface area contributed by atoms with E-state index in [0.29, 0.717) is 11.8 Å². The Labute approximate surface area is 543 Å². The van der Waals surface area contributed by atoms with Crippen molar-refractivity contribution in [1.82, 2.24) is 21.3 Å². The SMILES string of the molecule is CC1OC(OC2C(CO)OC(OC3C(CO)OC(NC(=O)CSCC(=O)NC4OC(CO)C(OC5OC(CO)C(OC6OC(C)C(NC7C=C(CO)C(O)C(O)C7O)C(O)C6O)C(O)C5O)C(O)C4O)C(O)C3O)C(O)C2O)C(O)C(O)C1NC1C=C(CO)C(O)C(O)C1O. The summed E-state index contributed by atoms with van der Waals surface area (Å²) >= 11 is 0.647. The van der Waals surface area contributed by atoms with Crippen molar-refractivity contribution in [2.24, 2.45) is 0 Å². The summed E-state index contributed by atoms with van der Waals surface area (Å²) < 4.78 is 57.0. The van der Waals surface area contributed by atoms with Gasteiger partial charge in [-0.2, -0.15) is 0 Å². The number of carbonyl (C=O) groups is 2. The summed E-state index contributed by atoms with van der Waals surface area (Å²) in [5, 5.41) is 266. The van der Waals surface area contributed by atoms with Gasteiger partial charge in [0.25, 0.3) is 0 Å². The van der Waals surface area contributed by atoms with Gasteiger partial charge in [-0.25, -0.2) is 0 Å². The van der Waals surface area contributed by atoms with Crippen molar-refractivity contribution in [3.63, 3.8) is 0 Å². The molecule has 6 aliphatic heterocycles. The van der Waals surface area contributed by atoms with Gasteiger partial charge in [0.2, 0.25) is 11.8 Å². The summed E-state index contributed by atoms with van der Waals surface area (Å²) in [6, 6.07) is -4.70. The van der Waals surface area contributed by atoms with Crippen LogP contribution < -0.4 is 21.3 Å². The highest BCUT2D eigenvalue weighted by molar-refractivity contribution is 8.00. The number of nitrogens with one attached hydrogen (secondary N) is 4. The Morgan fingerprint density at radius 2 is 0.663 bits per heavy atom. The number of carbonyl (C=O) groups excluding carboxylic acids is 2. The molecule has 38 atom stereocenters. The summed E-state index contributed by atoms with van der Waals surface area (Å²) in [5.74, 6) is -2.95. The average Bonchev–Trinajstić information content (AvgIpc) is 0.806. The largest absolute Gasteiger partial charge is 0.394 e.